The van der Waals surface area contributed by atoms with E-state index in [9.17, 15) is 18.0 Å². The highest BCUT2D eigenvalue weighted by Crippen LogP contribution is 2.30. The number of para-hydroxylation sites is 1. The maximum absolute atomic E-state index is 13.8. The number of methoxy groups -OCH3 is 1. The van der Waals surface area contributed by atoms with Crippen LogP contribution in [0.15, 0.2) is 108 Å². The lowest BCUT2D eigenvalue weighted by molar-refractivity contribution is 0.0599. The number of rotatable bonds is 8. The molecule has 8 heteroatoms. The van der Waals surface area contributed by atoms with Gasteiger partial charge in [-0.2, -0.15) is 0 Å². The van der Waals surface area contributed by atoms with Gasteiger partial charge in [-0.05, 0) is 54.4 Å². The van der Waals surface area contributed by atoms with E-state index in [0.717, 1.165) is 5.56 Å². The van der Waals surface area contributed by atoms with Crippen LogP contribution >= 0.6 is 0 Å². The number of carbonyl (C=O) groups excluding carboxylic acids is 2. The van der Waals surface area contributed by atoms with Crippen molar-refractivity contribution in [2.75, 3.05) is 16.7 Å². The van der Waals surface area contributed by atoms with Crippen LogP contribution in [0.2, 0.25) is 0 Å². The van der Waals surface area contributed by atoms with Crippen LogP contribution in [0.25, 0.3) is 0 Å². The lowest BCUT2D eigenvalue weighted by Crippen LogP contribution is -2.32. The summed E-state index contributed by atoms with van der Waals surface area (Å²) in [5.74, 6) is -1.03. The van der Waals surface area contributed by atoms with Crippen molar-refractivity contribution in [2.24, 2.45) is 0 Å². The molecule has 0 spiro atoms. The Morgan fingerprint density at radius 1 is 0.784 bits per heavy atom. The molecular weight excluding hydrogens is 488 g/mol. The van der Waals surface area contributed by atoms with Gasteiger partial charge in [0.05, 0.1) is 35.4 Å². The summed E-state index contributed by atoms with van der Waals surface area (Å²) in [7, 11) is -2.73. The van der Waals surface area contributed by atoms with E-state index in [1.165, 1.54) is 23.5 Å². The highest BCUT2D eigenvalue weighted by molar-refractivity contribution is 7.92. The van der Waals surface area contributed by atoms with Gasteiger partial charge in [-0.15, -0.1) is 0 Å². The van der Waals surface area contributed by atoms with Gasteiger partial charge in [0.1, 0.15) is 0 Å². The third-order valence-electron chi connectivity index (χ3n) is 5.90. The number of esters is 1. The number of hydrogen-bond acceptors (Lipinski definition) is 5. The molecule has 0 aliphatic carbocycles. The van der Waals surface area contributed by atoms with Crippen molar-refractivity contribution in [2.45, 2.75) is 18.4 Å². The fraction of sp³-hybridized carbons (Fsp3) is 0.103. The van der Waals surface area contributed by atoms with Gasteiger partial charge in [0, 0.05) is 5.69 Å². The molecule has 0 saturated heterocycles. The molecule has 4 aromatic carbocycles. The van der Waals surface area contributed by atoms with Gasteiger partial charge in [-0.3, -0.25) is 9.10 Å². The molecule has 0 unspecified atom stereocenters. The van der Waals surface area contributed by atoms with Crippen molar-refractivity contribution in [3.63, 3.8) is 0 Å². The summed E-state index contributed by atoms with van der Waals surface area (Å²) in [5.41, 5.74) is 2.45. The number of nitrogens with zero attached hydrogens (tertiary/aromatic N) is 1. The van der Waals surface area contributed by atoms with E-state index in [2.05, 4.69) is 5.32 Å². The van der Waals surface area contributed by atoms with E-state index in [1.54, 1.807) is 67.6 Å². The molecule has 1 N–H and O–H groups in total. The van der Waals surface area contributed by atoms with Crippen LogP contribution in [0.3, 0.4) is 0 Å². The molecule has 0 saturated carbocycles. The fourth-order valence-corrected chi connectivity index (χ4v) is 5.44. The Morgan fingerprint density at radius 3 is 2.05 bits per heavy atom. The van der Waals surface area contributed by atoms with Gasteiger partial charge in [-0.25, -0.2) is 13.2 Å². The first-order valence-corrected chi connectivity index (χ1v) is 13.0. The quantitative estimate of drug-likeness (QED) is 0.317. The molecule has 4 rings (SSSR count). The number of amides is 1. The molecule has 7 nitrogen and oxygen atoms in total. The molecule has 0 aliphatic rings. The molecular formula is C29H26N2O5S. The van der Waals surface area contributed by atoms with E-state index < -0.39 is 21.9 Å². The molecule has 0 atom stereocenters. The SMILES string of the molecule is COC(=O)c1cccc(NC(=O)c2ccccc2N(Cc2ccccc2)S(=O)(=O)c2ccccc2)c1C. The molecule has 0 fully saturated rings. The van der Waals surface area contributed by atoms with Gasteiger partial charge in [0.15, 0.2) is 0 Å². The second-order valence-electron chi connectivity index (χ2n) is 8.25. The third-order valence-corrected chi connectivity index (χ3v) is 7.68. The molecule has 0 bridgehead atoms. The van der Waals surface area contributed by atoms with Crippen LogP contribution in [-0.4, -0.2) is 27.4 Å². The Kier molecular flexibility index (Phi) is 7.69. The Hall–Kier alpha value is -4.43. The van der Waals surface area contributed by atoms with Crippen LogP contribution in [0.4, 0.5) is 11.4 Å². The number of hydrogen-bond donors (Lipinski definition) is 1. The first-order valence-electron chi connectivity index (χ1n) is 11.5. The van der Waals surface area contributed by atoms with Gasteiger partial charge >= 0.3 is 5.97 Å². The van der Waals surface area contributed by atoms with Crippen molar-refractivity contribution in [1.29, 1.82) is 0 Å². The number of benzene rings is 4. The summed E-state index contributed by atoms with van der Waals surface area (Å²) >= 11 is 0. The van der Waals surface area contributed by atoms with Gasteiger partial charge < -0.3 is 10.1 Å². The maximum atomic E-state index is 13.8. The second-order valence-corrected chi connectivity index (χ2v) is 10.1. The normalized spacial score (nSPS) is 11.0. The highest BCUT2D eigenvalue weighted by Gasteiger charge is 2.28. The minimum atomic E-state index is -4.02. The first kappa shape index (κ1) is 25.7. The highest BCUT2D eigenvalue weighted by atomic mass is 32.2. The van der Waals surface area contributed by atoms with Crippen molar-refractivity contribution < 1.29 is 22.7 Å². The van der Waals surface area contributed by atoms with E-state index in [1.807, 2.05) is 30.3 Å². The third kappa shape index (κ3) is 5.54. The van der Waals surface area contributed by atoms with Crippen LogP contribution in [0.1, 0.15) is 31.8 Å². The Morgan fingerprint density at radius 2 is 1.38 bits per heavy atom. The van der Waals surface area contributed by atoms with Gasteiger partial charge in [0.25, 0.3) is 15.9 Å². The zero-order chi connectivity index (χ0) is 26.4. The monoisotopic (exact) mass is 514 g/mol. The van der Waals surface area contributed by atoms with Crippen LogP contribution in [-0.2, 0) is 21.3 Å². The first-order chi connectivity index (χ1) is 17.8. The summed E-state index contributed by atoms with van der Waals surface area (Å²) in [6.45, 7) is 1.73. The number of ether oxygens (including phenoxy) is 1. The van der Waals surface area contributed by atoms with Crippen molar-refractivity contribution in [3.05, 3.63) is 125 Å². The Labute approximate surface area is 216 Å². The summed E-state index contributed by atoms with van der Waals surface area (Å²) in [4.78, 5) is 25.7. The molecule has 0 radical (unpaired) electrons. The number of sulfonamides is 1. The number of nitrogens with one attached hydrogen (secondary N) is 1. The minimum absolute atomic E-state index is 0.0270. The Balaban J connectivity index is 1.77. The lowest BCUT2D eigenvalue weighted by atomic mass is 10.1. The van der Waals surface area contributed by atoms with Crippen molar-refractivity contribution in [1.82, 2.24) is 0 Å². The lowest BCUT2D eigenvalue weighted by Gasteiger charge is -2.26. The molecule has 188 valence electrons. The van der Waals surface area contributed by atoms with E-state index in [0.29, 0.717) is 16.8 Å². The summed E-state index contributed by atoms with van der Waals surface area (Å²) in [6, 6.07) is 28.7. The fourth-order valence-electron chi connectivity index (χ4n) is 3.94. The number of carbonyl (C=O) groups is 2. The molecule has 1 amide bonds. The summed E-state index contributed by atoms with van der Waals surface area (Å²) in [6.07, 6.45) is 0. The average molecular weight is 515 g/mol. The molecule has 0 heterocycles. The van der Waals surface area contributed by atoms with E-state index >= 15 is 0 Å². The Bertz CT molecular complexity index is 1520. The second kappa shape index (κ2) is 11.1. The van der Waals surface area contributed by atoms with Crippen LogP contribution < -0.4 is 9.62 Å². The van der Waals surface area contributed by atoms with Gasteiger partial charge in [-0.1, -0.05) is 66.7 Å². The molecule has 4 aromatic rings. The summed E-state index contributed by atoms with van der Waals surface area (Å²) < 4.78 is 33.7. The maximum Gasteiger partial charge on any atom is 0.338 e. The minimum Gasteiger partial charge on any atom is -0.465 e. The van der Waals surface area contributed by atoms with Crippen molar-refractivity contribution >= 4 is 33.3 Å². The van der Waals surface area contributed by atoms with Crippen LogP contribution in [0.5, 0.6) is 0 Å². The molecule has 0 aromatic heterocycles. The standard InChI is InChI=1S/C29H26N2O5S/c1-21-24(29(33)36-2)17-11-18-26(21)30-28(32)25-16-9-10-19-27(25)31(20-22-12-5-3-6-13-22)37(34,35)23-14-7-4-8-15-23/h3-19H,20H2,1-2H3,(H,30,32). The van der Waals surface area contributed by atoms with Crippen LogP contribution in [0, 0.1) is 6.92 Å². The summed E-state index contributed by atoms with van der Waals surface area (Å²) in [5, 5.41) is 2.83. The zero-order valence-electron chi connectivity index (χ0n) is 20.4. The smallest absolute Gasteiger partial charge is 0.338 e. The topological polar surface area (TPSA) is 92.8 Å². The van der Waals surface area contributed by atoms with Gasteiger partial charge in [0.2, 0.25) is 0 Å². The number of anilines is 2. The molecule has 37 heavy (non-hydrogen) atoms. The zero-order valence-corrected chi connectivity index (χ0v) is 21.2. The predicted molar refractivity (Wildman–Crippen MR) is 143 cm³/mol. The van der Waals surface area contributed by atoms with E-state index in [4.69, 9.17) is 4.74 Å². The molecule has 0 aliphatic heterocycles. The average Bonchev–Trinajstić information content (AvgIpc) is 2.93. The largest absolute Gasteiger partial charge is 0.465 e. The predicted octanol–water partition coefficient (Wildman–Crippen LogP) is 5.43. The van der Waals surface area contributed by atoms with E-state index in [-0.39, 0.29) is 22.7 Å². The van der Waals surface area contributed by atoms with Crippen molar-refractivity contribution in [3.8, 4) is 0 Å².